The van der Waals surface area contributed by atoms with Gasteiger partial charge in [0, 0.05) is 23.1 Å². The summed E-state index contributed by atoms with van der Waals surface area (Å²) in [6, 6.07) is 19.1. The Bertz CT molecular complexity index is 982. The highest BCUT2D eigenvalue weighted by atomic mass is 16.5. The smallest absolute Gasteiger partial charge is 0.164 e. The highest BCUT2D eigenvalue weighted by molar-refractivity contribution is 5.61. The zero-order valence-corrected chi connectivity index (χ0v) is 16.0. The van der Waals surface area contributed by atoms with E-state index in [2.05, 4.69) is 28.8 Å². The Hall–Kier alpha value is -2.62. The Morgan fingerprint density at radius 1 is 0.821 bits per heavy atom. The van der Waals surface area contributed by atoms with Crippen molar-refractivity contribution in [2.45, 2.75) is 50.7 Å². The molecule has 2 aliphatic carbocycles. The molecule has 2 aliphatic heterocycles. The van der Waals surface area contributed by atoms with E-state index in [0.717, 1.165) is 23.4 Å². The van der Waals surface area contributed by atoms with Crippen LogP contribution in [-0.2, 0) is 6.61 Å². The average Bonchev–Trinajstić information content (AvgIpc) is 3.10. The lowest BCUT2D eigenvalue weighted by atomic mass is 9.68. The van der Waals surface area contributed by atoms with Gasteiger partial charge in [0.1, 0.15) is 18.2 Å². The Balaban J connectivity index is 1.38. The number of nitrogens with zero attached hydrogens (tertiary/aromatic N) is 3. The molecule has 0 amide bonds. The van der Waals surface area contributed by atoms with E-state index in [9.17, 15) is 0 Å². The Kier molecular flexibility index (Phi) is 3.78. The van der Waals surface area contributed by atoms with Gasteiger partial charge in [0.05, 0.1) is 0 Å². The number of hydrogen-bond donors (Lipinski definition) is 0. The summed E-state index contributed by atoms with van der Waals surface area (Å²) >= 11 is 0. The summed E-state index contributed by atoms with van der Waals surface area (Å²) in [6.07, 6.45) is 6.65. The molecule has 4 bridgehead atoms. The molecule has 0 saturated heterocycles. The predicted octanol–water partition coefficient (Wildman–Crippen LogP) is 5.37. The standard InChI is InChI=1S/C24H25N3O/c1-2-7-21(8-3-1)28-15-18-6-4-5-9-22(18)24-26-25-23-19-11-16-10-17(12-19)14-20(13-16)27(23)24/h1-9,16-17,19-20H,10-15H2. The first kappa shape index (κ1) is 16.3. The van der Waals surface area contributed by atoms with E-state index in [4.69, 9.17) is 14.9 Å². The van der Waals surface area contributed by atoms with Crippen LogP contribution in [0.3, 0.4) is 0 Å². The van der Waals surface area contributed by atoms with Crippen molar-refractivity contribution in [2.75, 3.05) is 0 Å². The molecular formula is C24H25N3O. The number of rotatable bonds is 4. The lowest BCUT2D eigenvalue weighted by Crippen LogP contribution is -2.27. The van der Waals surface area contributed by atoms with Crippen molar-refractivity contribution >= 4 is 0 Å². The van der Waals surface area contributed by atoms with Gasteiger partial charge < -0.3 is 9.30 Å². The third kappa shape index (κ3) is 2.66. The molecule has 142 valence electrons. The van der Waals surface area contributed by atoms with Gasteiger partial charge in [-0.2, -0.15) is 0 Å². The molecule has 2 aromatic carbocycles. The number of hydrogen-bond acceptors (Lipinski definition) is 3. The highest BCUT2D eigenvalue weighted by Crippen LogP contribution is 2.54. The molecule has 7 rings (SSSR count). The van der Waals surface area contributed by atoms with Gasteiger partial charge in [-0.3, -0.25) is 0 Å². The number of ether oxygens (including phenoxy) is 1. The van der Waals surface area contributed by atoms with Crippen molar-refractivity contribution < 1.29 is 4.74 Å². The fourth-order valence-corrected chi connectivity index (χ4v) is 5.90. The van der Waals surface area contributed by atoms with Gasteiger partial charge in [-0.1, -0.05) is 42.5 Å². The summed E-state index contributed by atoms with van der Waals surface area (Å²) in [5, 5.41) is 9.43. The molecule has 4 nitrogen and oxygen atoms in total. The van der Waals surface area contributed by atoms with Crippen molar-refractivity contribution in [2.24, 2.45) is 11.8 Å². The van der Waals surface area contributed by atoms with Crippen LogP contribution < -0.4 is 4.74 Å². The van der Waals surface area contributed by atoms with Crippen LogP contribution in [0, 0.1) is 11.8 Å². The number of para-hydroxylation sites is 1. The van der Waals surface area contributed by atoms with Gasteiger partial charge in [0.15, 0.2) is 5.82 Å². The molecule has 28 heavy (non-hydrogen) atoms. The van der Waals surface area contributed by atoms with Crippen LogP contribution in [0.5, 0.6) is 5.75 Å². The van der Waals surface area contributed by atoms with Crippen LogP contribution in [0.15, 0.2) is 54.6 Å². The topological polar surface area (TPSA) is 39.9 Å². The molecule has 3 heterocycles. The minimum Gasteiger partial charge on any atom is -0.489 e. The quantitative estimate of drug-likeness (QED) is 0.619. The summed E-state index contributed by atoms with van der Waals surface area (Å²) in [4.78, 5) is 0. The average molecular weight is 371 g/mol. The molecule has 3 aromatic rings. The lowest BCUT2D eigenvalue weighted by molar-refractivity contribution is 0.150. The van der Waals surface area contributed by atoms with Crippen molar-refractivity contribution in [3.05, 3.63) is 66.0 Å². The Morgan fingerprint density at radius 3 is 2.39 bits per heavy atom. The molecule has 2 atom stereocenters. The maximum Gasteiger partial charge on any atom is 0.164 e. The van der Waals surface area contributed by atoms with Crippen molar-refractivity contribution in [1.29, 1.82) is 0 Å². The fourth-order valence-electron chi connectivity index (χ4n) is 5.90. The molecule has 1 aromatic heterocycles. The van der Waals surface area contributed by atoms with Crippen LogP contribution >= 0.6 is 0 Å². The van der Waals surface area contributed by atoms with Gasteiger partial charge in [0.25, 0.3) is 0 Å². The van der Waals surface area contributed by atoms with Gasteiger partial charge in [-0.15, -0.1) is 10.2 Å². The molecule has 0 radical (unpaired) electrons. The second kappa shape index (κ2) is 6.47. The van der Waals surface area contributed by atoms with Crippen LogP contribution in [0.2, 0.25) is 0 Å². The summed E-state index contributed by atoms with van der Waals surface area (Å²) < 4.78 is 8.56. The van der Waals surface area contributed by atoms with E-state index >= 15 is 0 Å². The minimum absolute atomic E-state index is 0.543. The fraction of sp³-hybridized carbons (Fsp3) is 0.417. The van der Waals surface area contributed by atoms with Gasteiger partial charge in [0.2, 0.25) is 0 Å². The molecule has 2 fully saturated rings. The Labute approximate surface area is 165 Å². The van der Waals surface area contributed by atoms with Crippen molar-refractivity contribution in [3.63, 3.8) is 0 Å². The van der Waals surface area contributed by atoms with E-state index in [1.165, 1.54) is 49.1 Å². The largest absolute Gasteiger partial charge is 0.489 e. The normalized spacial score (nSPS) is 27.4. The van der Waals surface area contributed by atoms with Crippen LogP contribution in [0.25, 0.3) is 11.4 Å². The summed E-state index contributed by atoms with van der Waals surface area (Å²) in [6.45, 7) is 0.543. The summed E-state index contributed by atoms with van der Waals surface area (Å²) in [5.41, 5.74) is 2.34. The third-order valence-corrected chi connectivity index (χ3v) is 6.96. The first-order valence-electron chi connectivity index (χ1n) is 10.6. The maximum atomic E-state index is 6.05. The minimum atomic E-state index is 0.543. The zero-order valence-electron chi connectivity index (χ0n) is 16.0. The molecule has 2 unspecified atom stereocenters. The summed E-state index contributed by atoms with van der Waals surface area (Å²) in [5.74, 6) is 5.55. The van der Waals surface area contributed by atoms with E-state index in [-0.39, 0.29) is 0 Å². The van der Waals surface area contributed by atoms with E-state index < -0.39 is 0 Å². The second-order valence-electron chi connectivity index (χ2n) is 8.77. The molecular weight excluding hydrogens is 346 g/mol. The molecule has 2 saturated carbocycles. The van der Waals surface area contributed by atoms with Crippen LogP contribution in [0.4, 0.5) is 0 Å². The monoisotopic (exact) mass is 371 g/mol. The third-order valence-electron chi connectivity index (χ3n) is 6.96. The van der Waals surface area contributed by atoms with Crippen molar-refractivity contribution in [1.82, 2.24) is 14.8 Å². The highest BCUT2D eigenvalue weighted by Gasteiger charge is 2.44. The lowest BCUT2D eigenvalue weighted by Gasteiger charge is -2.38. The van der Waals surface area contributed by atoms with Gasteiger partial charge in [-0.25, -0.2) is 0 Å². The van der Waals surface area contributed by atoms with Gasteiger partial charge in [-0.05, 0) is 56.1 Å². The second-order valence-corrected chi connectivity index (χ2v) is 8.77. The molecule has 4 aliphatic rings. The first-order valence-corrected chi connectivity index (χ1v) is 10.6. The number of benzene rings is 2. The van der Waals surface area contributed by atoms with Crippen molar-refractivity contribution in [3.8, 4) is 17.1 Å². The van der Waals surface area contributed by atoms with Crippen LogP contribution in [0.1, 0.15) is 55.5 Å². The Morgan fingerprint density at radius 2 is 1.57 bits per heavy atom. The van der Waals surface area contributed by atoms with E-state index in [1.807, 2.05) is 30.3 Å². The van der Waals surface area contributed by atoms with E-state index in [0.29, 0.717) is 18.6 Å². The SMILES string of the molecule is c1ccc(OCc2ccccc2-c2nnc3n2C2CC4CC(CC3C4)C2)cc1. The predicted molar refractivity (Wildman–Crippen MR) is 108 cm³/mol. The zero-order chi connectivity index (χ0) is 18.5. The number of aromatic nitrogens is 3. The van der Waals surface area contributed by atoms with Gasteiger partial charge >= 0.3 is 0 Å². The summed E-state index contributed by atoms with van der Waals surface area (Å²) in [7, 11) is 0. The van der Waals surface area contributed by atoms with Crippen LogP contribution in [-0.4, -0.2) is 14.8 Å². The molecule has 4 heteroatoms. The maximum absolute atomic E-state index is 6.05. The molecule has 0 spiro atoms. The molecule has 0 N–H and O–H groups in total. The van der Waals surface area contributed by atoms with E-state index in [1.54, 1.807) is 0 Å². The first-order chi connectivity index (χ1) is 13.8.